The van der Waals surface area contributed by atoms with E-state index < -0.39 is 23.3 Å². The predicted molar refractivity (Wildman–Crippen MR) is 40.8 cm³/mol. The van der Waals surface area contributed by atoms with Crippen LogP contribution in [-0.2, 0) is 0 Å². The number of rotatable bonds is 0. The second kappa shape index (κ2) is 2.13. The van der Waals surface area contributed by atoms with Gasteiger partial charge in [-0.1, -0.05) is 6.92 Å². The van der Waals surface area contributed by atoms with Gasteiger partial charge in [-0.15, -0.1) is 0 Å². The van der Waals surface area contributed by atoms with Crippen molar-refractivity contribution in [2.45, 2.75) is 19.3 Å². The first-order chi connectivity index (χ1) is 5.89. The molecule has 2 rings (SSSR count). The van der Waals surface area contributed by atoms with Gasteiger partial charge in [0.05, 0.1) is 5.41 Å². The van der Waals surface area contributed by atoms with Crippen LogP contribution in [-0.4, -0.2) is 35.1 Å². The van der Waals surface area contributed by atoms with E-state index in [4.69, 9.17) is 5.11 Å². The van der Waals surface area contributed by atoms with E-state index >= 15 is 0 Å². The van der Waals surface area contributed by atoms with Crippen LogP contribution in [0.3, 0.4) is 0 Å². The van der Waals surface area contributed by atoms with Gasteiger partial charge in [0, 0.05) is 19.0 Å². The van der Waals surface area contributed by atoms with Crippen LogP contribution in [0.15, 0.2) is 0 Å². The summed E-state index contributed by atoms with van der Waals surface area (Å²) >= 11 is 0. The van der Waals surface area contributed by atoms with Crippen molar-refractivity contribution in [3.8, 4) is 0 Å². The molecule has 1 heterocycles. The number of likely N-dealkylation sites (tertiary alicyclic amines) is 1. The molecule has 0 aromatic heterocycles. The number of fused-ring (bicyclic) bond motifs is 1. The van der Waals surface area contributed by atoms with Gasteiger partial charge in [0.2, 0.25) is 0 Å². The first kappa shape index (κ1) is 8.72. The molecule has 5 heteroatoms. The second-order valence-electron chi connectivity index (χ2n) is 4.09. The molecule has 1 N–H and O–H groups in total. The number of hydrogen-bond acceptors (Lipinski definition) is 1. The van der Waals surface area contributed by atoms with Crippen molar-refractivity contribution < 1.29 is 18.7 Å². The van der Waals surface area contributed by atoms with Crippen LogP contribution in [0.4, 0.5) is 13.6 Å². The van der Waals surface area contributed by atoms with Crippen molar-refractivity contribution in [3.05, 3.63) is 0 Å². The molecule has 13 heavy (non-hydrogen) atoms. The summed E-state index contributed by atoms with van der Waals surface area (Å²) in [5, 5.41) is 8.64. The summed E-state index contributed by atoms with van der Waals surface area (Å²) in [5.41, 5.74) is -1.09. The topological polar surface area (TPSA) is 40.5 Å². The Labute approximate surface area is 74.3 Å². The molecular weight excluding hydrogens is 180 g/mol. The smallest absolute Gasteiger partial charge is 0.407 e. The van der Waals surface area contributed by atoms with E-state index in [0.29, 0.717) is 0 Å². The molecule has 1 aliphatic carbocycles. The average molecular weight is 191 g/mol. The van der Waals surface area contributed by atoms with Crippen molar-refractivity contribution in [3.63, 3.8) is 0 Å². The second-order valence-corrected chi connectivity index (χ2v) is 4.09. The third-order valence-corrected chi connectivity index (χ3v) is 3.36. The summed E-state index contributed by atoms with van der Waals surface area (Å²) in [7, 11) is 0. The number of carbonyl (C=O) groups is 1. The predicted octanol–water partition coefficient (Wildman–Crippen LogP) is 1.64. The molecule has 2 aliphatic rings. The lowest BCUT2D eigenvalue weighted by Gasteiger charge is -2.26. The molecule has 1 amide bonds. The van der Waals surface area contributed by atoms with Gasteiger partial charge >= 0.3 is 6.09 Å². The highest BCUT2D eigenvalue weighted by molar-refractivity contribution is 5.65. The standard InChI is InChI=1S/C8H11F2NO2/c1-7-4-11(6(12)13)3-2-5(7)8(7,9)10/h5H,2-4H2,1H3,(H,12,13). The van der Waals surface area contributed by atoms with Gasteiger partial charge in [0.25, 0.3) is 5.92 Å². The maximum Gasteiger partial charge on any atom is 0.407 e. The number of piperidine rings is 1. The van der Waals surface area contributed by atoms with Crippen LogP contribution in [0.2, 0.25) is 0 Å². The minimum absolute atomic E-state index is 0.0278. The first-order valence-electron chi connectivity index (χ1n) is 4.25. The molecule has 1 aliphatic heterocycles. The third kappa shape index (κ3) is 0.899. The van der Waals surface area contributed by atoms with E-state index in [9.17, 15) is 13.6 Å². The third-order valence-electron chi connectivity index (χ3n) is 3.36. The largest absolute Gasteiger partial charge is 0.465 e. The van der Waals surface area contributed by atoms with Crippen molar-refractivity contribution in [2.24, 2.45) is 11.3 Å². The molecule has 1 saturated carbocycles. The lowest BCUT2D eigenvalue weighted by molar-refractivity contribution is 0.0563. The molecule has 3 nitrogen and oxygen atoms in total. The van der Waals surface area contributed by atoms with Gasteiger partial charge < -0.3 is 10.0 Å². The Hall–Kier alpha value is -0.870. The minimum Gasteiger partial charge on any atom is -0.465 e. The molecule has 0 aromatic carbocycles. The van der Waals surface area contributed by atoms with E-state index in [2.05, 4.69) is 0 Å². The molecule has 2 unspecified atom stereocenters. The summed E-state index contributed by atoms with van der Waals surface area (Å²) in [6.07, 6.45) is -0.808. The highest BCUT2D eigenvalue weighted by Gasteiger charge is 2.78. The van der Waals surface area contributed by atoms with Gasteiger partial charge in [-0.3, -0.25) is 0 Å². The van der Waals surface area contributed by atoms with Gasteiger partial charge in [0.15, 0.2) is 0 Å². The van der Waals surface area contributed by atoms with Gasteiger partial charge in [-0.05, 0) is 6.42 Å². The van der Waals surface area contributed by atoms with Gasteiger partial charge in [0.1, 0.15) is 0 Å². The molecule has 1 saturated heterocycles. The molecule has 74 valence electrons. The number of carboxylic acid groups (broad SMARTS) is 1. The zero-order valence-corrected chi connectivity index (χ0v) is 7.26. The summed E-state index contributed by atoms with van der Waals surface area (Å²) in [5.74, 6) is -3.26. The Kier molecular flexibility index (Phi) is 1.43. The monoisotopic (exact) mass is 191 g/mol. The number of amides is 1. The lowest BCUT2D eigenvalue weighted by atomic mass is 10.00. The number of alkyl halides is 2. The zero-order valence-electron chi connectivity index (χ0n) is 7.26. The molecule has 0 aromatic rings. The normalized spacial score (nSPS) is 41.2. The van der Waals surface area contributed by atoms with Crippen LogP contribution >= 0.6 is 0 Å². The van der Waals surface area contributed by atoms with Crippen molar-refractivity contribution in [2.75, 3.05) is 13.1 Å². The molecule has 2 atom stereocenters. The van der Waals surface area contributed by atoms with Crippen molar-refractivity contribution in [1.82, 2.24) is 4.90 Å². The SMILES string of the molecule is CC12CN(C(=O)O)CCC1C2(F)F. The summed E-state index contributed by atoms with van der Waals surface area (Å²) in [6.45, 7) is 1.68. The highest BCUT2D eigenvalue weighted by Crippen LogP contribution is 2.68. The average Bonchev–Trinajstić information content (AvgIpc) is 2.46. The Morgan fingerprint density at radius 1 is 1.62 bits per heavy atom. The molecule has 2 fully saturated rings. The van der Waals surface area contributed by atoms with E-state index in [1.807, 2.05) is 0 Å². The summed E-state index contributed by atoms with van der Waals surface area (Å²) < 4.78 is 26.2. The Morgan fingerprint density at radius 2 is 2.23 bits per heavy atom. The van der Waals surface area contributed by atoms with Crippen molar-refractivity contribution >= 4 is 6.09 Å². The van der Waals surface area contributed by atoms with E-state index in [0.717, 1.165) is 4.90 Å². The highest BCUT2D eigenvalue weighted by atomic mass is 19.3. The van der Waals surface area contributed by atoms with E-state index in [1.54, 1.807) is 0 Å². The number of nitrogens with zero attached hydrogens (tertiary/aromatic N) is 1. The summed E-state index contributed by atoms with van der Waals surface area (Å²) in [6, 6.07) is 0. The Bertz CT molecular complexity index is 269. The van der Waals surface area contributed by atoms with Gasteiger partial charge in [-0.25, -0.2) is 13.6 Å². The fraction of sp³-hybridized carbons (Fsp3) is 0.875. The number of halogens is 2. The van der Waals surface area contributed by atoms with Crippen LogP contribution in [0.1, 0.15) is 13.3 Å². The molecule has 0 bridgehead atoms. The molecular formula is C8H11F2NO2. The Balaban J connectivity index is 2.13. The minimum atomic E-state index is -2.66. The van der Waals surface area contributed by atoms with E-state index in [1.165, 1.54) is 6.92 Å². The fourth-order valence-corrected chi connectivity index (χ4v) is 2.31. The molecule has 0 spiro atoms. The maximum atomic E-state index is 13.1. The maximum absolute atomic E-state index is 13.1. The lowest BCUT2D eigenvalue weighted by Crippen LogP contribution is -2.39. The van der Waals surface area contributed by atoms with Crippen LogP contribution in [0, 0.1) is 11.3 Å². The quantitative estimate of drug-likeness (QED) is 0.632. The number of hydrogen-bond donors (Lipinski definition) is 1. The van der Waals surface area contributed by atoms with Crippen molar-refractivity contribution in [1.29, 1.82) is 0 Å². The van der Waals surface area contributed by atoms with Crippen LogP contribution in [0.25, 0.3) is 0 Å². The molecule has 0 radical (unpaired) electrons. The van der Waals surface area contributed by atoms with Gasteiger partial charge in [-0.2, -0.15) is 0 Å². The van der Waals surface area contributed by atoms with Crippen LogP contribution < -0.4 is 0 Å². The zero-order chi connectivity index (χ0) is 9.85. The Morgan fingerprint density at radius 3 is 2.69 bits per heavy atom. The van der Waals surface area contributed by atoms with E-state index in [-0.39, 0.29) is 19.5 Å². The fourth-order valence-electron chi connectivity index (χ4n) is 2.31. The summed E-state index contributed by atoms with van der Waals surface area (Å²) in [4.78, 5) is 11.6. The first-order valence-corrected chi connectivity index (χ1v) is 4.25. The van der Waals surface area contributed by atoms with Crippen LogP contribution in [0.5, 0.6) is 0 Å².